The molecule has 0 unspecified atom stereocenters. The molecule has 11 aromatic carbocycles. The number of benzene rings is 11. The second-order valence-electron chi connectivity index (χ2n) is 17.1. The lowest BCUT2D eigenvalue weighted by atomic mass is 9.96. The van der Waals surface area contributed by atoms with E-state index < -0.39 is 144 Å². The van der Waals surface area contributed by atoms with E-state index in [0.717, 1.165) is 65.2 Å². The molecule has 0 radical (unpaired) electrons. The molecule has 0 bridgehead atoms. The van der Waals surface area contributed by atoms with E-state index in [2.05, 4.69) is 21.3 Å². The third-order valence-corrected chi connectivity index (χ3v) is 12.8. The molecule has 0 N–H and O–H groups in total. The molecule has 4 heteroatoms. The van der Waals surface area contributed by atoms with Crippen LogP contribution < -0.4 is 9.80 Å². The summed E-state index contributed by atoms with van der Waals surface area (Å²) >= 11 is 0. The molecule has 13 rings (SSSR count). The Morgan fingerprint density at radius 2 is 0.554 bits per heavy atom. The number of aromatic nitrogens is 2. The summed E-state index contributed by atoms with van der Waals surface area (Å²) in [5.74, 6) is 0. The zero-order valence-corrected chi connectivity index (χ0v) is 39.1. The van der Waals surface area contributed by atoms with Crippen LogP contribution in [-0.4, -0.2) is 9.13 Å². The van der Waals surface area contributed by atoms with Crippen molar-refractivity contribution in [2.75, 3.05) is 9.80 Å². The van der Waals surface area contributed by atoms with Crippen LogP contribution in [0.1, 0.15) is 27.4 Å². The second kappa shape index (κ2) is 19.4. The van der Waals surface area contributed by atoms with Gasteiger partial charge in [-0.15, -0.1) is 0 Å². The zero-order chi connectivity index (χ0) is 66.6. The molecule has 0 fully saturated rings. The summed E-state index contributed by atoms with van der Waals surface area (Å²) in [6.45, 7) is 0. The topological polar surface area (TPSA) is 16.3 Å². The van der Waals surface area contributed by atoms with E-state index in [1.54, 1.807) is 48.5 Å². The van der Waals surface area contributed by atoms with Gasteiger partial charge in [-0.3, -0.25) is 0 Å². The summed E-state index contributed by atoms with van der Waals surface area (Å²) < 4.78 is 180. The Morgan fingerprint density at radius 1 is 0.270 bits per heavy atom. The van der Waals surface area contributed by atoms with Crippen molar-refractivity contribution in [2.24, 2.45) is 0 Å². The highest BCUT2D eigenvalue weighted by Gasteiger charge is 2.28. The molecule has 0 saturated heterocycles. The summed E-state index contributed by atoms with van der Waals surface area (Å²) in [5, 5.41) is 1.59. The van der Waals surface area contributed by atoms with E-state index in [4.69, 9.17) is 27.4 Å². The molecular weight excluding hydrogens is 897 g/mol. The van der Waals surface area contributed by atoms with Gasteiger partial charge in [0.2, 0.25) is 0 Å². The molecule has 4 nitrogen and oxygen atoms in total. The first-order valence-electron chi connectivity index (χ1n) is 33.6. The van der Waals surface area contributed by atoms with Gasteiger partial charge < -0.3 is 18.9 Å². The average Bonchev–Trinajstić information content (AvgIpc) is 1.46. The highest BCUT2D eigenvalue weighted by atomic mass is 15.1. The van der Waals surface area contributed by atoms with Gasteiger partial charge in [-0.25, -0.2) is 0 Å². The molecule has 0 aliphatic rings. The van der Waals surface area contributed by atoms with E-state index in [-0.39, 0.29) is 11.4 Å². The Morgan fingerprint density at radius 3 is 0.851 bits per heavy atom. The fourth-order valence-corrected chi connectivity index (χ4v) is 9.80. The van der Waals surface area contributed by atoms with Crippen molar-refractivity contribution in [3.63, 3.8) is 0 Å². The van der Waals surface area contributed by atoms with Crippen molar-refractivity contribution >= 4 is 55.9 Å². The highest BCUT2D eigenvalue weighted by molar-refractivity contribution is 6.15. The van der Waals surface area contributed by atoms with Gasteiger partial charge in [-0.1, -0.05) is 194 Å². The van der Waals surface area contributed by atoms with E-state index in [1.165, 1.54) is 0 Å². The van der Waals surface area contributed by atoms with Crippen LogP contribution >= 0.6 is 0 Å². The van der Waals surface area contributed by atoms with Gasteiger partial charge in [0.25, 0.3) is 0 Å². The number of rotatable bonds is 12. The first kappa shape index (κ1) is 27.6. The summed E-state index contributed by atoms with van der Waals surface area (Å²) in [5.41, 5.74) is 7.44. The SMILES string of the molecule is [2H]c1c([2H])c([2H])c(N(c2ccc(-c3c(-c4ccccc4)c4cc5c(cc4n3-c3ccccc3)c(-c3ccccc3)c(-c3ccc(N(c4c([2H])c([2H])c([2H])c([2H])c4[2H])c4c([2H])c([2H])c([2H])c([2H])c4[2H])cc3)n5-c3ccccc3)cc2)c2c([2H])c([2H])c([2H])c([2H])c2[2H])c([2H])c1[2H]. The molecule has 2 aromatic heterocycles. The number of para-hydroxylation sites is 6. The van der Waals surface area contributed by atoms with Gasteiger partial charge in [0, 0.05) is 67.4 Å². The second-order valence-corrected chi connectivity index (χ2v) is 17.1. The number of nitrogens with zero attached hydrogens (tertiary/aromatic N) is 4. The Kier molecular flexibility index (Phi) is 7.23. The van der Waals surface area contributed by atoms with Gasteiger partial charge in [-0.2, -0.15) is 0 Å². The molecule has 0 spiro atoms. The maximum Gasteiger partial charge on any atom is 0.0645 e. The molecule has 0 atom stereocenters. The quantitative estimate of drug-likeness (QED) is 0.121. The molecule has 0 saturated carbocycles. The zero-order valence-electron chi connectivity index (χ0n) is 59.1. The molecule has 74 heavy (non-hydrogen) atoms. The molecule has 0 amide bonds. The van der Waals surface area contributed by atoms with Crippen LogP contribution in [0.5, 0.6) is 0 Å². The molecule has 350 valence electrons. The lowest BCUT2D eigenvalue weighted by Crippen LogP contribution is -2.09. The van der Waals surface area contributed by atoms with Crippen LogP contribution in [0.15, 0.2) is 303 Å². The summed E-state index contributed by atoms with van der Waals surface area (Å²) in [7, 11) is 0. The van der Waals surface area contributed by atoms with Crippen LogP contribution in [0.4, 0.5) is 34.1 Å². The van der Waals surface area contributed by atoms with Crippen LogP contribution in [0.2, 0.25) is 0 Å². The monoisotopic (exact) mass is 967 g/mol. The third kappa shape index (κ3) is 8.01. The molecule has 13 aromatic rings. The van der Waals surface area contributed by atoms with Gasteiger partial charge in [0.1, 0.15) is 0 Å². The standard InChI is InChI=1S/C70H50N4/c1-9-25-51(26-10-1)67-63-49-66-64(50-65(63)73(59-37-21-7-22-38-59)69(67)53-41-45-61(46-42-53)71(55-29-13-3-14-30-55)56-31-15-4-16-32-56)68(52-27-11-2-12-28-52)70(74(66)60-39-23-8-24-40-60)54-43-47-62(48-44-54)72(57-33-17-5-18-34-57)58-35-19-6-20-36-58/h1-50H/i3D,4D,5D,6D,13D,14D,15D,16D,17D,18D,19D,20D,29D,30D,31D,32D,33D,34D,35D,36D. The fraction of sp³-hybridized carbons (Fsp3) is 0. The van der Waals surface area contributed by atoms with Crippen LogP contribution in [0.3, 0.4) is 0 Å². The maximum absolute atomic E-state index is 9.11. The Hall–Kier alpha value is -9.90. The van der Waals surface area contributed by atoms with Crippen LogP contribution in [-0.2, 0) is 0 Å². The Labute approximate surface area is 460 Å². The van der Waals surface area contributed by atoms with Gasteiger partial charge in [-0.05, 0) is 131 Å². The third-order valence-electron chi connectivity index (χ3n) is 12.8. The predicted molar refractivity (Wildman–Crippen MR) is 311 cm³/mol. The van der Waals surface area contributed by atoms with Gasteiger partial charge >= 0.3 is 0 Å². The Bertz CT molecular complexity index is 4520. The smallest absolute Gasteiger partial charge is 0.0645 e. The first-order chi connectivity index (χ1) is 45.0. The summed E-state index contributed by atoms with van der Waals surface area (Å²) in [6.07, 6.45) is 0. The minimum atomic E-state index is -0.690. The van der Waals surface area contributed by atoms with E-state index in [1.807, 2.05) is 121 Å². The first-order valence-corrected chi connectivity index (χ1v) is 23.6. The molecule has 0 aliphatic heterocycles. The van der Waals surface area contributed by atoms with Crippen molar-refractivity contribution in [2.45, 2.75) is 0 Å². The number of hydrogen-bond acceptors (Lipinski definition) is 2. The summed E-state index contributed by atoms with van der Waals surface area (Å²) in [4.78, 5) is 2.24. The van der Waals surface area contributed by atoms with Crippen molar-refractivity contribution in [3.05, 3.63) is 303 Å². The number of anilines is 6. The highest BCUT2D eigenvalue weighted by Crippen LogP contribution is 2.50. The molecular formula is C70H50N4. The van der Waals surface area contributed by atoms with Gasteiger partial charge in [0.15, 0.2) is 0 Å². The lowest BCUT2D eigenvalue weighted by Gasteiger charge is -2.25. The largest absolute Gasteiger partial charge is 0.311 e. The minimum Gasteiger partial charge on any atom is -0.311 e. The Balaban J connectivity index is 1.10. The number of fused-ring (bicyclic) bond motifs is 2. The minimum absolute atomic E-state index is 0.121. The van der Waals surface area contributed by atoms with Crippen molar-refractivity contribution < 1.29 is 27.4 Å². The van der Waals surface area contributed by atoms with Crippen molar-refractivity contribution in [1.29, 1.82) is 0 Å². The van der Waals surface area contributed by atoms with Crippen molar-refractivity contribution in [3.8, 4) is 56.1 Å². The maximum atomic E-state index is 9.11. The fourth-order valence-electron chi connectivity index (χ4n) is 9.80. The predicted octanol–water partition coefficient (Wildman–Crippen LogP) is 19.2. The van der Waals surface area contributed by atoms with Crippen LogP contribution in [0.25, 0.3) is 77.9 Å². The normalized spacial score (nSPS) is 15.0. The number of hydrogen-bond donors (Lipinski definition) is 0. The van der Waals surface area contributed by atoms with Crippen molar-refractivity contribution in [1.82, 2.24) is 9.13 Å². The molecule has 2 heterocycles. The summed E-state index contributed by atoms with van der Waals surface area (Å²) in [6, 6.07) is 43.4. The molecule has 0 aliphatic carbocycles. The average molecular weight is 967 g/mol. The lowest BCUT2D eigenvalue weighted by molar-refractivity contribution is 1.13. The van der Waals surface area contributed by atoms with E-state index in [9.17, 15) is 0 Å². The van der Waals surface area contributed by atoms with Gasteiger partial charge in [0.05, 0.1) is 49.8 Å². The van der Waals surface area contributed by atoms with Crippen LogP contribution in [0, 0.1) is 0 Å². The van der Waals surface area contributed by atoms with E-state index >= 15 is 0 Å². The van der Waals surface area contributed by atoms with E-state index in [0.29, 0.717) is 22.5 Å².